The summed E-state index contributed by atoms with van der Waals surface area (Å²) in [4.78, 5) is 13.7. The number of carbonyl (C=O) groups excluding carboxylic acids is 1. The molecule has 0 radical (unpaired) electrons. The summed E-state index contributed by atoms with van der Waals surface area (Å²) in [5.41, 5.74) is -1.40. The van der Waals surface area contributed by atoms with Crippen molar-refractivity contribution in [3.63, 3.8) is 0 Å². The van der Waals surface area contributed by atoms with E-state index in [1.807, 2.05) is 0 Å². The van der Waals surface area contributed by atoms with Gasteiger partial charge in [0.15, 0.2) is 29.4 Å². The first-order valence-corrected chi connectivity index (χ1v) is 8.08. The molecule has 0 N–H and O–H groups in total. The molecular formula is C18H14F5NO3S. The number of hydrogen-bond acceptors (Lipinski definition) is 4. The zero-order valence-electron chi connectivity index (χ0n) is 14.9. The summed E-state index contributed by atoms with van der Waals surface area (Å²) in [5.74, 6) is -12.7. The summed E-state index contributed by atoms with van der Waals surface area (Å²) >= 11 is 5.17. The van der Waals surface area contributed by atoms with Crippen LogP contribution in [0, 0.1) is 29.1 Å². The van der Waals surface area contributed by atoms with E-state index in [9.17, 15) is 26.7 Å². The Bertz CT molecular complexity index is 889. The smallest absolute Gasteiger partial charge is 0.345 e. The van der Waals surface area contributed by atoms with Crippen LogP contribution < -0.4 is 4.74 Å². The molecule has 0 amide bonds. The van der Waals surface area contributed by atoms with Crippen molar-refractivity contribution in [1.82, 2.24) is 4.90 Å². The average molecular weight is 419 g/mol. The number of methoxy groups -OCH3 is 1. The molecule has 0 aromatic heterocycles. The lowest BCUT2D eigenvalue weighted by molar-refractivity contribution is 0.0399. The molecule has 2 rings (SSSR count). The summed E-state index contributed by atoms with van der Waals surface area (Å²) < 4.78 is 77.7. The van der Waals surface area contributed by atoms with E-state index in [2.05, 4.69) is 0 Å². The lowest BCUT2D eigenvalue weighted by atomic mass is 10.1. The SMILES string of the molecule is COc1ccc(C(OC(=O)c2c(F)c(F)c(F)c(F)c2F)C(=S)N(C)C)cc1. The monoisotopic (exact) mass is 419 g/mol. The number of benzene rings is 2. The van der Waals surface area contributed by atoms with Gasteiger partial charge in [-0.05, 0) is 17.7 Å². The Morgan fingerprint density at radius 2 is 1.39 bits per heavy atom. The number of esters is 1. The topological polar surface area (TPSA) is 38.8 Å². The molecule has 1 unspecified atom stereocenters. The number of thiocarbonyl (C=S) groups is 1. The highest BCUT2D eigenvalue weighted by molar-refractivity contribution is 7.80. The first-order chi connectivity index (χ1) is 13.1. The number of ether oxygens (including phenoxy) is 2. The Hall–Kier alpha value is -2.75. The molecule has 10 heteroatoms. The van der Waals surface area contributed by atoms with Gasteiger partial charge in [-0.25, -0.2) is 26.7 Å². The molecule has 0 heterocycles. The first-order valence-electron chi connectivity index (χ1n) is 7.67. The lowest BCUT2D eigenvalue weighted by Gasteiger charge is -2.24. The normalized spacial score (nSPS) is 11.7. The Balaban J connectivity index is 2.47. The molecule has 28 heavy (non-hydrogen) atoms. The third-order valence-electron chi connectivity index (χ3n) is 3.72. The summed E-state index contributed by atoms with van der Waals surface area (Å²) in [7, 11) is 4.50. The standard InChI is InChI=1S/C18H14F5NO3S/c1-24(2)17(28)16(8-4-6-9(26-3)7-5-8)27-18(25)10-11(19)13(21)15(23)14(22)12(10)20/h4-7,16H,1-3H3. The molecule has 2 aromatic rings. The molecule has 0 aliphatic carbocycles. The molecule has 0 saturated heterocycles. The fourth-order valence-electron chi connectivity index (χ4n) is 2.22. The quantitative estimate of drug-likeness (QED) is 0.239. The van der Waals surface area contributed by atoms with Gasteiger partial charge in [-0.3, -0.25) is 0 Å². The Labute approximate surface area is 162 Å². The molecule has 0 aliphatic heterocycles. The average Bonchev–Trinajstić information content (AvgIpc) is 2.68. The molecular weight excluding hydrogens is 405 g/mol. The van der Waals surface area contributed by atoms with Crippen LogP contribution in [-0.2, 0) is 4.74 Å². The highest BCUT2D eigenvalue weighted by Gasteiger charge is 2.33. The molecule has 0 fully saturated rings. The third kappa shape index (κ3) is 4.06. The van der Waals surface area contributed by atoms with Gasteiger partial charge in [-0.2, -0.15) is 0 Å². The molecule has 0 aliphatic rings. The Kier molecular flexibility index (Phi) is 6.55. The lowest BCUT2D eigenvalue weighted by Crippen LogP contribution is -2.30. The molecule has 0 spiro atoms. The maximum absolute atomic E-state index is 13.9. The fourth-order valence-corrected chi connectivity index (χ4v) is 2.41. The number of hydrogen-bond donors (Lipinski definition) is 0. The summed E-state index contributed by atoms with van der Waals surface area (Å²) in [6, 6.07) is 6.00. The van der Waals surface area contributed by atoms with Crippen LogP contribution >= 0.6 is 12.2 Å². The molecule has 0 bridgehead atoms. The molecule has 4 nitrogen and oxygen atoms in total. The van der Waals surface area contributed by atoms with Crippen molar-refractivity contribution in [2.45, 2.75) is 6.10 Å². The van der Waals surface area contributed by atoms with Crippen LogP contribution in [0.5, 0.6) is 5.75 Å². The van der Waals surface area contributed by atoms with Crippen molar-refractivity contribution in [3.05, 3.63) is 64.5 Å². The van der Waals surface area contributed by atoms with E-state index in [4.69, 9.17) is 21.7 Å². The van der Waals surface area contributed by atoms with Gasteiger partial charge in [-0.1, -0.05) is 24.4 Å². The maximum Gasteiger partial charge on any atom is 0.345 e. The summed E-state index contributed by atoms with van der Waals surface area (Å²) in [6.45, 7) is 0. The van der Waals surface area contributed by atoms with Crippen molar-refractivity contribution < 1.29 is 36.2 Å². The van der Waals surface area contributed by atoms with Gasteiger partial charge in [0.05, 0.1) is 7.11 Å². The Morgan fingerprint density at radius 3 is 1.82 bits per heavy atom. The van der Waals surface area contributed by atoms with Crippen LogP contribution in [0.25, 0.3) is 0 Å². The fraction of sp³-hybridized carbons (Fsp3) is 0.222. The van der Waals surface area contributed by atoms with Gasteiger partial charge < -0.3 is 14.4 Å². The second-order valence-electron chi connectivity index (χ2n) is 5.74. The number of carbonyl (C=O) groups is 1. The second kappa shape index (κ2) is 8.51. The molecule has 2 aromatic carbocycles. The van der Waals surface area contributed by atoms with Crippen molar-refractivity contribution in [3.8, 4) is 5.75 Å². The zero-order valence-corrected chi connectivity index (χ0v) is 15.7. The molecule has 1 atom stereocenters. The van der Waals surface area contributed by atoms with Crippen LogP contribution in [0.3, 0.4) is 0 Å². The van der Waals surface area contributed by atoms with Gasteiger partial charge in [0.1, 0.15) is 16.3 Å². The van der Waals surface area contributed by atoms with E-state index in [1.165, 1.54) is 50.4 Å². The zero-order chi connectivity index (χ0) is 21.2. The minimum absolute atomic E-state index is 0.0300. The second-order valence-corrected chi connectivity index (χ2v) is 6.15. The van der Waals surface area contributed by atoms with Crippen molar-refractivity contribution in [1.29, 1.82) is 0 Å². The highest BCUT2D eigenvalue weighted by Crippen LogP contribution is 2.28. The van der Waals surface area contributed by atoms with Crippen molar-refractivity contribution >= 4 is 23.2 Å². The van der Waals surface area contributed by atoms with Gasteiger partial charge in [0, 0.05) is 14.1 Å². The molecule has 150 valence electrons. The van der Waals surface area contributed by atoms with E-state index >= 15 is 0 Å². The van der Waals surface area contributed by atoms with Gasteiger partial charge in [0.25, 0.3) is 0 Å². The minimum atomic E-state index is -2.37. The summed E-state index contributed by atoms with van der Waals surface area (Å²) in [5, 5.41) is 0. The number of rotatable bonds is 5. The largest absolute Gasteiger partial charge is 0.497 e. The van der Waals surface area contributed by atoms with E-state index in [-0.39, 0.29) is 4.99 Å². The van der Waals surface area contributed by atoms with Crippen LogP contribution in [-0.4, -0.2) is 37.1 Å². The van der Waals surface area contributed by atoms with Gasteiger partial charge in [-0.15, -0.1) is 0 Å². The minimum Gasteiger partial charge on any atom is -0.497 e. The van der Waals surface area contributed by atoms with Gasteiger partial charge in [0.2, 0.25) is 5.82 Å². The first kappa shape index (κ1) is 21.5. The highest BCUT2D eigenvalue weighted by atomic mass is 32.1. The third-order valence-corrected chi connectivity index (χ3v) is 4.30. The number of nitrogens with zero attached hydrogens (tertiary/aromatic N) is 1. The number of halogens is 5. The predicted molar refractivity (Wildman–Crippen MR) is 93.7 cm³/mol. The van der Waals surface area contributed by atoms with Crippen molar-refractivity contribution in [2.75, 3.05) is 21.2 Å². The van der Waals surface area contributed by atoms with E-state index in [0.29, 0.717) is 11.3 Å². The van der Waals surface area contributed by atoms with E-state index < -0.39 is 46.7 Å². The number of likely N-dealkylation sites (N-methyl/N-ethyl adjacent to an activating group) is 1. The Morgan fingerprint density at radius 1 is 0.929 bits per heavy atom. The van der Waals surface area contributed by atoms with Gasteiger partial charge >= 0.3 is 5.97 Å². The summed E-state index contributed by atoms with van der Waals surface area (Å²) in [6.07, 6.45) is -1.32. The van der Waals surface area contributed by atoms with Crippen LogP contribution in [0.15, 0.2) is 24.3 Å². The predicted octanol–water partition coefficient (Wildman–Crippen LogP) is 4.18. The van der Waals surface area contributed by atoms with Crippen molar-refractivity contribution in [2.24, 2.45) is 0 Å². The molecule has 0 saturated carbocycles. The van der Waals surface area contributed by atoms with Crippen LogP contribution in [0.4, 0.5) is 22.0 Å². The van der Waals surface area contributed by atoms with Crippen LogP contribution in [0.2, 0.25) is 0 Å². The van der Waals surface area contributed by atoms with E-state index in [0.717, 1.165) is 0 Å². The maximum atomic E-state index is 13.9. The van der Waals surface area contributed by atoms with E-state index in [1.54, 1.807) is 0 Å². The van der Waals surface area contributed by atoms with Crippen LogP contribution in [0.1, 0.15) is 22.0 Å².